The largest absolute Gasteiger partial charge is 0.479 e. The van der Waals surface area contributed by atoms with E-state index >= 15 is 0 Å². The van der Waals surface area contributed by atoms with Gasteiger partial charge in [-0.2, -0.15) is 9.97 Å². The minimum absolute atomic E-state index is 0.112. The minimum Gasteiger partial charge on any atom is -0.479 e. The molecule has 4 rings (SSSR count). The zero-order valence-corrected chi connectivity index (χ0v) is 20.2. The highest BCUT2D eigenvalue weighted by molar-refractivity contribution is 8.01. The number of ether oxygens (including phenoxy) is 3. The highest BCUT2D eigenvalue weighted by atomic mass is 32.2. The maximum atomic E-state index is 5.90. The van der Waals surface area contributed by atoms with Gasteiger partial charge < -0.3 is 14.2 Å². The van der Waals surface area contributed by atoms with Gasteiger partial charge in [-0.25, -0.2) is 9.97 Å². The van der Waals surface area contributed by atoms with Gasteiger partial charge in [0, 0.05) is 30.2 Å². The van der Waals surface area contributed by atoms with E-state index in [0.29, 0.717) is 35.8 Å². The van der Waals surface area contributed by atoms with Gasteiger partial charge in [-0.05, 0) is 37.3 Å². The van der Waals surface area contributed by atoms with Crippen LogP contribution in [0.15, 0.2) is 18.7 Å². The van der Waals surface area contributed by atoms with E-state index in [2.05, 4.69) is 48.7 Å². The van der Waals surface area contributed by atoms with Crippen molar-refractivity contribution >= 4 is 17.9 Å². The molecule has 4 heterocycles. The summed E-state index contributed by atoms with van der Waals surface area (Å²) in [5.74, 6) is 2.75. The first-order valence-corrected chi connectivity index (χ1v) is 11.6. The van der Waals surface area contributed by atoms with E-state index in [1.807, 2.05) is 23.9 Å². The Balaban J connectivity index is 1.65. The molecular weight excluding hydrogens is 444 g/mol. The van der Waals surface area contributed by atoms with Crippen LogP contribution in [0.2, 0.25) is 0 Å². The molecule has 1 fully saturated rings. The first-order valence-electron chi connectivity index (χ1n) is 10.7. The molecule has 3 atom stereocenters. The number of rotatable bonds is 9. The standard InChI is InChI=1S/C21H28N8O3S/c1-12-9-22-17(23-10-12)13(2)14(3)33-28-21-27-26-18(15-7-6-8-32-15)29(21)16-19(30-4)24-11-25-20(16)31-5/h9-11,13-15H,6-8H2,1-5H3,(H,27,28). The fourth-order valence-corrected chi connectivity index (χ4v) is 4.25. The Hall–Kier alpha value is -2.99. The van der Waals surface area contributed by atoms with Gasteiger partial charge in [-0.3, -0.25) is 9.29 Å². The summed E-state index contributed by atoms with van der Waals surface area (Å²) < 4.78 is 22.1. The van der Waals surface area contributed by atoms with Crippen LogP contribution in [-0.4, -0.2) is 60.8 Å². The average Bonchev–Trinajstić information content (AvgIpc) is 3.51. The first kappa shape index (κ1) is 23.2. The van der Waals surface area contributed by atoms with Crippen molar-refractivity contribution in [3.05, 3.63) is 35.9 Å². The van der Waals surface area contributed by atoms with Crippen molar-refractivity contribution < 1.29 is 14.2 Å². The third-order valence-corrected chi connectivity index (χ3v) is 6.60. The Kier molecular flexibility index (Phi) is 7.23. The smallest absolute Gasteiger partial charge is 0.245 e. The monoisotopic (exact) mass is 472 g/mol. The van der Waals surface area contributed by atoms with Gasteiger partial charge in [0.25, 0.3) is 0 Å². The van der Waals surface area contributed by atoms with E-state index in [1.165, 1.54) is 18.3 Å². The second-order valence-electron chi connectivity index (χ2n) is 7.79. The normalized spacial score (nSPS) is 17.5. The molecule has 0 aliphatic carbocycles. The van der Waals surface area contributed by atoms with E-state index in [-0.39, 0.29) is 17.3 Å². The molecule has 1 aliphatic heterocycles. The number of nitrogens with zero attached hydrogens (tertiary/aromatic N) is 7. The summed E-state index contributed by atoms with van der Waals surface area (Å²) in [5.41, 5.74) is 1.55. The molecule has 11 nitrogen and oxygen atoms in total. The SMILES string of the molecule is COc1ncnc(OC)c1-n1c(NSC(C)C(C)c2ncc(C)cn2)nnc1C1CCCO1. The van der Waals surface area contributed by atoms with Crippen molar-refractivity contribution in [2.24, 2.45) is 0 Å². The lowest BCUT2D eigenvalue weighted by atomic mass is 10.1. The second kappa shape index (κ2) is 10.3. The van der Waals surface area contributed by atoms with Crippen LogP contribution in [0.25, 0.3) is 5.69 Å². The summed E-state index contributed by atoms with van der Waals surface area (Å²) in [6.45, 7) is 6.87. The summed E-state index contributed by atoms with van der Waals surface area (Å²) in [5, 5.41) is 8.98. The number of aromatic nitrogens is 7. The number of hydrogen-bond acceptors (Lipinski definition) is 11. The quantitative estimate of drug-likeness (QED) is 0.462. The maximum Gasteiger partial charge on any atom is 0.245 e. The summed E-state index contributed by atoms with van der Waals surface area (Å²) in [7, 11) is 3.10. The third kappa shape index (κ3) is 4.86. The van der Waals surface area contributed by atoms with E-state index in [9.17, 15) is 0 Å². The van der Waals surface area contributed by atoms with Gasteiger partial charge in [-0.1, -0.05) is 13.8 Å². The molecule has 3 aromatic rings. The molecule has 176 valence electrons. The molecule has 0 radical (unpaired) electrons. The molecule has 1 N–H and O–H groups in total. The van der Waals surface area contributed by atoms with E-state index < -0.39 is 0 Å². The summed E-state index contributed by atoms with van der Waals surface area (Å²) >= 11 is 1.51. The predicted molar refractivity (Wildman–Crippen MR) is 124 cm³/mol. The van der Waals surface area contributed by atoms with Gasteiger partial charge in [0.1, 0.15) is 18.3 Å². The zero-order valence-electron chi connectivity index (χ0n) is 19.3. The van der Waals surface area contributed by atoms with Crippen LogP contribution in [-0.2, 0) is 4.74 Å². The predicted octanol–water partition coefficient (Wildman–Crippen LogP) is 3.28. The molecule has 0 saturated carbocycles. The first-order chi connectivity index (χ1) is 16.0. The van der Waals surface area contributed by atoms with Crippen LogP contribution in [0.1, 0.15) is 55.9 Å². The number of nitrogens with one attached hydrogen (secondary N) is 1. The molecule has 33 heavy (non-hydrogen) atoms. The Morgan fingerprint density at radius 1 is 1.09 bits per heavy atom. The van der Waals surface area contributed by atoms with Gasteiger partial charge >= 0.3 is 0 Å². The van der Waals surface area contributed by atoms with E-state index in [0.717, 1.165) is 24.2 Å². The lowest BCUT2D eigenvalue weighted by Crippen LogP contribution is -2.16. The summed E-state index contributed by atoms with van der Waals surface area (Å²) in [6, 6.07) is 0. The van der Waals surface area contributed by atoms with Crippen LogP contribution < -0.4 is 14.2 Å². The van der Waals surface area contributed by atoms with Crippen molar-refractivity contribution in [2.75, 3.05) is 25.5 Å². The Morgan fingerprint density at radius 3 is 2.39 bits per heavy atom. The molecule has 12 heteroatoms. The lowest BCUT2D eigenvalue weighted by molar-refractivity contribution is 0.103. The van der Waals surface area contributed by atoms with Crippen LogP contribution in [0.5, 0.6) is 11.8 Å². The number of aryl methyl sites for hydroxylation is 1. The lowest BCUT2D eigenvalue weighted by Gasteiger charge is -2.20. The number of anilines is 1. The maximum absolute atomic E-state index is 5.90. The molecule has 0 amide bonds. The molecular formula is C21H28N8O3S. The average molecular weight is 473 g/mol. The van der Waals surface area contributed by atoms with Crippen molar-refractivity contribution in [1.82, 2.24) is 34.7 Å². The van der Waals surface area contributed by atoms with Crippen molar-refractivity contribution in [3.8, 4) is 17.4 Å². The zero-order chi connectivity index (χ0) is 23.4. The van der Waals surface area contributed by atoms with Gasteiger partial charge in [-0.15, -0.1) is 10.2 Å². The highest BCUT2D eigenvalue weighted by Crippen LogP contribution is 2.37. The summed E-state index contributed by atoms with van der Waals surface area (Å²) in [6.07, 6.45) is 6.68. The number of hydrogen-bond donors (Lipinski definition) is 1. The second-order valence-corrected chi connectivity index (χ2v) is 8.98. The van der Waals surface area contributed by atoms with Crippen molar-refractivity contribution in [2.45, 2.75) is 50.9 Å². The van der Waals surface area contributed by atoms with Crippen LogP contribution in [0.4, 0.5) is 5.95 Å². The Bertz CT molecular complexity index is 1050. The Labute approximate surface area is 196 Å². The van der Waals surface area contributed by atoms with Crippen LogP contribution >= 0.6 is 11.9 Å². The molecule has 0 aromatic carbocycles. The number of methoxy groups -OCH3 is 2. The van der Waals surface area contributed by atoms with Gasteiger partial charge in [0.2, 0.25) is 17.7 Å². The molecule has 3 unspecified atom stereocenters. The van der Waals surface area contributed by atoms with Crippen molar-refractivity contribution in [1.29, 1.82) is 0 Å². The molecule has 1 saturated heterocycles. The van der Waals surface area contributed by atoms with Crippen molar-refractivity contribution in [3.63, 3.8) is 0 Å². The summed E-state index contributed by atoms with van der Waals surface area (Å²) in [4.78, 5) is 17.5. The highest BCUT2D eigenvalue weighted by Gasteiger charge is 2.30. The molecule has 0 bridgehead atoms. The molecule has 3 aromatic heterocycles. The minimum atomic E-state index is -0.190. The van der Waals surface area contributed by atoms with E-state index in [4.69, 9.17) is 14.2 Å². The van der Waals surface area contributed by atoms with Crippen LogP contribution in [0, 0.1) is 6.92 Å². The van der Waals surface area contributed by atoms with Crippen LogP contribution in [0.3, 0.4) is 0 Å². The topological polar surface area (TPSA) is 122 Å². The van der Waals surface area contributed by atoms with E-state index in [1.54, 1.807) is 14.2 Å². The molecule has 0 spiro atoms. The fourth-order valence-electron chi connectivity index (χ4n) is 3.51. The third-order valence-electron chi connectivity index (χ3n) is 5.52. The van der Waals surface area contributed by atoms with Gasteiger partial charge in [0.05, 0.1) is 14.2 Å². The Morgan fingerprint density at radius 2 is 1.79 bits per heavy atom. The molecule has 1 aliphatic rings. The van der Waals surface area contributed by atoms with Gasteiger partial charge in [0.15, 0.2) is 11.5 Å². The fraction of sp³-hybridized carbons (Fsp3) is 0.524.